The van der Waals surface area contributed by atoms with E-state index in [0.717, 1.165) is 18.6 Å². The third kappa shape index (κ3) is 10.6. The number of anilines is 1. The lowest BCUT2D eigenvalue weighted by Crippen LogP contribution is -2.27. The highest BCUT2D eigenvalue weighted by Crippen LogP contribution is 2.38. The molecular formula is C31H37BrClF3N4O7S. The summed E-state index contributed by atoms with van der Waals surface area (Å²) in [4.78, 5) is 25.7. The van der Waals surface area contributed by atoms with Gasteiger partial charge < -0.3 is 25.3 Å². The van der Waals surface area contributed by atoms with Crippen LogP contribution in [0.15, 0.2) is 45.9 Å². The Morgan fingerprint density at radius 1 is 1.00 bits per heavy atom. The minimum Gasteiger partial charge on any atom is -0.379 e. The standard InChI is InChI=1S/C31H37BrClF3N4O7S/c32-25-17-23-21(15-29(41)38-8-2-10-46-12-14-47-13-11-45-9-1-7-37)19-40(30(42)20-3-4-20)27(23)18-28(25)48(43,44)39-22-5-6-26(33)24(16-22)31(34,35)36/h5-6,16-20,39H,1-4,7-15,37H2,(H,38,41). The highest BCUT2D eigenvalue weighted by molar-refractivity contribution is 9.10. The summed E-state index contributed by atoms with van der Waals surface area (Å²) in [5.41, 5.74) is 4.61. The Labute approximate surface area is 289 Å². The van der Waals surface area contributed by atoms with Gasteiger partial charge in [-0.25, -0.2) is 8.42 Å². The van der Waals surface area contributed by atoms with Crippen LogP contribution >= 0.6 is 27.5 Å². The van der Waals surface area contributed by atoms with E-state index in [0.29, 0.717) is 89.0 Å². The van der Waals surface area contributed by atoms with E-state index in [9.17, 15) is 31.2 Å². The van der Waals surface area contributed by atoms with Crippen LogP contribution in [0.25, 0.3) is 10.9 Å². The van der Waals surface area contributed by atoms with Crippen LogP contribution in [0.2, 0.25) is 5.02 Å². The minimum atomic E-state index is -4.80. The summed E-state index contributed by atoms with van der Waals surface area (Å²) in [6.45, 7) is 3.74. The molecule has 0 bridgehead atoms. The minimum absolute atomic E-state index is 0.0781. The van der Waals surface area contributed by atoms with Gasteiger partial charge in [-0.15, -0.1) is 0 Å². The van der Waals surface area contributed by atoms with Crippen molar-refractivity contribution in [1.82, 2.24) is 9.88 Å². The van der Waals surface area contributed by atoms with Crippen molar-refractivity contribution in [2.75, 3.05) is 57.5 Å². The lowest BCUT2D eigenvalue weighted by Gasteiger charge is -2.14. The Bertz CT molecular complexity index is 1700. The monoisotopic (exact) mass is 780 g/mol. The third-order valence-electron chi connectivity index (χ3n) is 7.29. The number of halogens is 5. The molecule has 4 rings (SSSR count). The molecule has 48 heavy (non-hydrogen) atoms. The predicted octanol–water partition coefficient (Wildman–Crippen LogP) is 5.37. The number of nitrogens with zero attached hydrogens (tertiary/aromatic N) is 1. The van der Waals surface area contributed by atoms with Crippen molar-refractivity contribution in [3.63, 3.8) is 0 Å². The molecule has 0 atom stereocenters. The van der Waals surface area contributed by atoms with Gasteiger partial charge in [0.1, 0.15) is 4.90 Å². The molecule has 1 aliphatic rings. The zero-order chi connectivity index (χ0) is 34.9. The maximum absolute atomic E-state index is 13.4. The van der Waals surface area contributed by atoms with Gasteiger partial charge in [-0.05, 0) is 84.1 Å². The summed E-state index contributed by atoms with van der Waals surface area (Å²) in [6.07, 6.45) is -0.600. The van der Waals surface area contributed by atoms with Crippen molar-refractivity contribution in [1.29, 1.82) is 0 Å². The van der Waals surface area contributed by atoms with Crippen molar-refractivity contribution in [3.05, 3.63) is 57.2 Å². The van der Waals surface area contributed by atoms with Crippen molar-refractivity contribution in [2.45, 2.75) is 43.2 Å². The van der Waals surface area contributed by atoms with E-state index in [2.05, 4.69) is 26.0 Å². The van der Waals surface area contributed by atoms with Gasteiger partial charge in [-0.1, -0.05) is 11.6 Å². The number of carbonyl (C=O) groups excluding carboxylic acids is 2. The second-order valence-corrected chi connectivity index (χ2v) is 14.0. The fraction of sp³-hybridized carbons (Fsp3) is 0.484. The van der Waals surface area contributed by atoms with Gasteiger partial charge in [-0.2, -0.15) is 13.2 Å². The SMILES string of the molecule is NCCCOCCOCCOCCCNC(=O)Cc1cn(C(=O)C2CC2)c2cc(S(=O)(=O)Nc3ccc(Cl)c(C(F)(F)F)c3)c(Br)cc12. The second-order valence-electron chi connectivity index (χ2n) is 11.1. The molecule has 2 aromatic carbocycles. The van der Waals surface area contributed by atoms with Crippen molar-refractivity contribution < 1.29 is 45.4 Å². The lowest BCUT2D eigenvalue weighted by atomic mass is 10.1. The first-order chi connectivity index (χ1) is 22.8. The number of ether oxygens (including phenoxy) is 3. The molecule has 1 fully saturated rings. The van der Waals surface area contributed by atoms with Gasteiger partial charge in [0.15, 0.2) is 0 Å². The molecule has 11 nitrogen and oxygen atoms in total. The molecule has 4 N–H and O–H groups in total. The normalized spacial score (nSPS) is 13.6. The molecule has 0 radical (unpaired) electrons. The first kappa shape index (κ1) is 38.1. The molecule has 1 aliphatic carbocycles. The molecule has 1 aromatic heterocycles. The van der Waals surface area contributed by atoms with Crippen LogP contribution in [0.5, 0.6) is 0 Å². The third-order valence-corrected chi connectivity index (χ3v) is 9.96. The maximum Gasteiger partial charge on any atom is 0.417 e. The van der Waals surface area contributed by atoms with Gasteiger partial charge >= 0.3 is 6.18 Å². The van der Waals surface area contributed by atoms with Crippen LogP contribution in [0.3, 0.4) is 0 Å². The van der Waals surface area contributed by atoms with E-state index in [1.165, 1.54) is 22.9 Å². The topological polar surface area (TPSA) is 151 Å². The van der Waals surface area contributed by atoms with Crippen LogP contribution in [0.4, 0.5) is 18.9 Å². The Balaban J connectivity index is 1.38. The number of sulfonamides is 1. The average molecular weight is 782 g/mol. The molecule has 1 heterocycles. The molecule has 0 aliphatic heterocycles. The van der Waals surface area contributed by atoms with Crippen molar-refractivity contribution in [3.8, 4) is 0 Å². The molecule has 3 aromatic rings. The molecular weight excluding hydrogens is 745 g/mol. The predicted molar refractivity (Wildman–Crippen MR) is 178 cm³/mol. The fourth-order valence-electron chi connectivity index (χ4n) is 4.73. The molecule has 0 unspecified atom stereocenters. The summed E-state index contributed by atoms with van der Waals surface area (Å²) < 4.78 is 86.7. The molecule has 264 valence electrons. The highest BCUT2D eigenvalue weighted by atomic mass is 79.9. The van der Waals surface area contributed by atoms with Crippen LogP contribution in [0, 0.1) is 5.92 Å². The Hall–Kier alpha value is -2.73. The number of benzene rings is 2. The quantitative estimate of drug-likeness (QED) is 0.137. The van der Waals surface area contributed by atoms with Gasteiger partial charge in [0, 0.05) is 47.4 Å². The van der Waals surface area contributed by atoms with Crippen molar-refractivity contribution >= 4 is 66.0 Å². The molecule has 1 saturated carbocycles. The van der Waals surface area contributed by atoms with E-state index in [1.807, 2.05) is 0 Å². The largest absolute Gasteiger partial charge is 0.417 e. The number of nitrogens with two attached hydrogens (primary N) is 1. The summed E-state index contributed by atoms with van der Waals surface area (Å²) >= 11 is 8.94. The molecule has 1 amide bonds. The van der Waals surface area contributed by atoms with Gasteiger partial charge in [0.05, 0.1) is 49.0 Å². The fourth-order valence-corrected chi connectivity index (χ4v) is 7.07. The summed E-state index contributed by atoms with van der Waals surface area (Å²) in [5, 5.41) is 2.72. The summed E-state index contributed by atoms with van der Waals surface area (Å²) in [7, 11) is -4.44. The van der Waals surface area contributed by atoms with Gasteiger partial charge in [-0.3, -0.25) is 18.9 Å². The van der Waals surface area contributed by atoms with E-state index in [-0.39, 0.29) is 44.7 Å². The van der Waals surface area contributed by atoms with Crippen LogP contribution in [-0.4, -0.2) is 77.5 Å². The second kappa shape index (κ2) is 17.3. The number of carbonyl (C=O) groups is 2. The number of nitrogens with one attached hydrogen (secondary N) is 2. The van der Waals surface area contributed by atoms with Gasteiger partial charge in [0.25, 0.3) is 10.0 Å². The van der Waals surface area contributed by atoms with Crippen LogP contribution in [0.1, 0.15) is 41.6 Å². The zero-order valence-corrected chi connectivity index (χ0v) is 29.1. The highest BCUT2D eigenvalue weighted by Gasteiger charge is 2.35. The van der Waals surface area contributed by atoms with E-state index < -0.39 is 26.8 Å². The number of rotatable bonds is 19. The van der Waals surface area contributed by atoms with Gasteiger partial charge in [0.2, 0.25) is 11.8 Å². The lowest BCUT2D eigenvalue weighted by molar-refractivity contribution is -0.137. The summed E-state index contributed by atoms with van der Waals surface area (Å²) in [6, 6.07) is 5.41. The zero-order valence-electron chi connectivity index (χ0n) is 25.9. The van der Waals surface area contributed by atoms with E-state index in [1.54, 1.807) is 0 Å². The number of aromatic nitrogens is 1. The Kier molecular flexibility index (Phi) is 13.7. The average Bonchev–Trinajstić information content (AvgIpc) is 3.82. The van der Waals surface area contributed by atoms with Crippen molar-refractivity contribution in [2.24, 2.45) is 11.7 Å². The van der Waals surface area contributed by atoms with E-state index >= 15 is 0 Å². The smallest absolute Gasteiger partial charge is 0.379 e. The van der Waals surface area contributed by atoms with Crippen LogP contribution in [-0.2, 0) is 41.6 Å². The Morgan fingerprint density at radius 3 is 2.27 bits per heavy atom. The number of alkyl halides is 3. The summed E-state index contributed by atoms with van der Waals surface area (Å²) in [5.74, 6) is -0.763. The Morgan fingerprint density at radius 2 is 1.65 bits per heavy atom. The molecule has 0 saturated heterocycles. The first-order valence-corrected chi connectivity index (χ1v) is 17.9. The molecule has 17 heteroatoms. The van der Waals surface area contributed by atoms with E-state index in [4.69, 9.17) is 31.5 Å². The number of fused-ring (bicyclic) bond motifs is 1. The van der Waals surface area contributed by atoms with Crippen LogP contribution < -0.4 is 15.8 Å². The molecule has 0 spiro atoms. The maximum atomic E-state index is 13.4. The number of hydrogen-bond acceptors (Lipinski definition) is 8. The number of amides is 1. The number of hydrogen-bond donors (Lipinski definition) is 3. The first-order valence-electron chi connectivity index (χ1n) is 15.3.